The quantitative estimate of drug-likeness (QED) is 0.586. The second kappa shape index (κ2) is 8.67. The van der Waals surface area contributed by atoms with E-state index in [1.165, 1.54) is 10.5 Å². The van der Waals surface area contributed by atoms with Crippen LogP contribution in [0, 0.1) is 6.92 Å². The second-order valence-corrected chi connectivity index (χ2v) is 7.21. The summed E-state index contributed by atoms with van der Waals surface area (Å²) >= 11 is 1.68. The summed E-state index contributed by atoms with van der Waals surface area (Å²) in [5.41, 5.74) is 2.13. The van der Waals surface area contributed by atoms with Gasteiger partial charge in [0.15, 0.2) is 0 Å². The monoisotopic (exact) mass is 367 g/mol. The maximum atomic E-state index is 12.3. The molecule has 0 aliphatic rings. The molecular weight excluding hydrogens is 346 g/mol. The molecule has 0 aliphatic heterocycles. The number of hydrogen-bond donors (Lipinski definition) is 0. The van der Waals surface area contributed by atoms with Gasteiger partial charge in [-0.1, -0.05) is 53.2 Å². The summed E-state index contributed by atoms with van der Waals surface area (Å²) in [5.74, 6) is 1.78. The fourth-order valence-corrected chi connectivity index (χ4v) is 3.24. The maximum absolute atomic E-state index is 12.3. The van der Waals surface area contributed by atoms with E-state index < -0.39 is 0 Å². The van der Waals surface area contributed by atoms with Crippen molar-refractivity contribution >= 4 is 17.7 Å². The lowest BCUT2D eigenvalue weighted by atomic mass is 10.2. The zero-order chi connectivity index (χ0) is 18.4. The molecule has 1 aromatic heterocycles. The molecule has 3 rings (SSSR count). The Kier molecular flexibility index (Phi) is 6.07. The number of carbonyl (C=O) groups is 1. The first-order valence-corrected chi connectivity index (χ1v) is 9.42. The Bertz CT molecular complexity index is 847. The standard InChI is InChI=1S/C20H21N3O2S/c1-15-8-10-17(11-9-15)26-13-12-19(24)23(2)14-18-21-20(22-25-18)16-6-4-3-5-7-16/h3-11H,12-14H2,1-2H3. The fourth-order valence-electron chi connectivity index (χ4n) is 2.40. The average Bonchev–Trinajstić information content (AvgIpc) is 3.12. The van der Waals surface area contributed by atoms with Crippen molar-refractivity contribution in [2.45, 2.75) is 24.8 Å². The third-order valence-corrected chi connectivity index (χ3v) is 4.92. The van der Waals surface area contributed by atoms with Crippen molar-refractivity contribution in [2.24, 2.45) is 0 Å². The normalized spacial score (nSPS) is 10.7. The van der Waals surface area contributed by atoms with Crippen LogP contribution in [-0.4, -0.2) is 33.7 Å². The molecule has 0 spiro atoms. The average molecular weight is 367 g/mol. The van der Waals surface area contributed by atoms with Crippen LogP contribution in [0.25, 0.3) is 11.4 Å². The Morgan fingerprint density at radius 1 is 1.12 bits per heavy atom. The molecule has 0 fully saturated rings. The zero-order valence-electron chi connectivity index (χ0n) is 14.9. The summed E-state index contributed by atoms with van der Waals surface area (Å²) in [6, 6.07) is 17.9. The molecule has 0 bridgehead atoms. The fraction of sp³-hybridized carbons (Fsp3) is 0.250. The summed E-state index contributed by atoms with van der Waals surface area (Å²) in [5, 5.41) is 3.98. The highest BCUT2D eigenvalue weighted by Crippen LogP contribution is 2.20. The molecule has 0 aliphatic carbocycles. The molecule has 6 heteroatoms. The van der Waals surface area contributed by atoms with E-state index in [1.807, 2.05) is 30.3 Å². The van der Waals surface area contributed by atoms with Gasteiger partial charge in [-0.2, -0.15) is 4.98 Å². The zero-order valence-corrected chi connectivity index (χ0v) is 15.7. The highest BCUT2D eigenvalue weighted by molar-refractivity contribution is 7.99. The number of amides is 1. The Morgan fingerprint density at radius 2 is 1.85 bits per heavy atom. The Labute approximate surface area is 157 Å². The first-order chi connectivity index (χ1) is 12.6. The number of thioether (sulfide) groups is 1. The Hall–Kier alpha value is -2.60. The summed E-state index contributed by atoms with van der Waals surface area (Å²) < 4.78 is 5.26. The topological polar surface area (TPSA) is 59.2 Å². The molecule has 5 nitrogen and oxygen atoms in total. The van der Waals surface area contributed by atoms with Crippen molar-refractivity contribution in [3.63, 3.8) is 0 Å². The van der Waals surface area contributed by atoms with E-state index in [2.05, 4.69) is 41.3 Å². The van der Waals surface area contributed by atoms with Crippen LogP contribution >= 0.6 is 11.8 Å². The van der Waals surface area contributed by atoms with E-state index in [0.29, 0.717) is 24.7 Å². The van der Waals surface area contributed by atoms with Gasteiger partial charge in [0.1, 0.15) is 0 Å². The minimum atomic E-state index is 0.0593. The van der Waals surface area contributed by atoms with E-state index in [1.54, 1.807) is 23.7 Å². The number of hydrogen-bond acceptors (Lipinski definition) is 5. The van der Waals surface area contributed by atoms with E-state index in [0.717, 1.165) is 11.3 Å². The van der Waals surface area contributed by atoms with Gasteiger partial charge in [-0.3, -0.25) is 4.79 Å². The molecule has 1 heterocycles. The first kappa shape index (κ1) is 18.2. The van der Waals surface area contributed by atoms with Crippen LogP contribution in [0.5, 0.6) is 0 Å². The van der Waals surface area contributed by atoms with Gasteiger partial charge in [0.2, 0.25) is 17.6 Å². The lowest BCUT2D eigenvalue weighted by Gasteiger charge is -2.14. The van der Waals surface area contributed by atoms with Crippen LogP contribution < -0.4 is 0 Å². The number of rotatable bonds is 7. The summed E-state index contributed by atoms with van der Waals surface area (Å²) in [4.78, 5) is 19.5. The van der Waals surface area contributed by atoms with Crippen LogP contribution in [0.15, 0.2) is 64.0 Å². The number of aryl methyl sites for hydroxylation is 1. The van der Waals surface area contributed by atoms with Crippen LogP contribution in [0.3, 0.4) is 0 Å². The van der Waals surface area contributed by atoms with E-state index in [-0.39, 0.29) is 5.91 Å². The van der Waals surface area contributed by atoms with Gasteiger partial charge in [0, 0.05) is 29.7 Å². The smallest absolute Gasteiger partial charge is 0.246 e. The number of aromatic nitrogens is 2. The highest BCUT2D eigenvalue weighted by atomic mass is 32.2. The van der Waals surface area contributed by atoms with Gasteiger partial charge in [0.25, 0.3) is 0 Å². The minimum absolute atomic E-state index is 0.0593. The van der Waals surface area contributed by atoms with E-state index in [9.17, 15) is 4.79 Å². The molecule has 26 heavy (non-hydrogen) atoms. The molecule has 0 radical (unpaired) electrons. The van der Waals surface area contributed by atoms with Crippen LogP contribution in [0.1, 0.15) is 17.9 Å². The van der Waals surface area contributed by atoms with Gasteiger partial charge in [-0.25, -0.2) is 0 Å². The van der Waals surface area contributed by atoms with Crippen LogP contribution in [0.4, 0.5) is 0 Å². The molecule has 0 saturated carbocycles. The van der Waals surface area contributed by atoms with Gasteiger partial charge in [0.05, 0.1) is 6.54 Å². The molecule has 0 atom stereocenters. The lowest BCUT2D eigenvalue weighted by molar-refractivity contribution is -0.130. The van der Waals surface area contributed by atoms with Crippen molar-refractivity contribution in [1.29, 1.82) is 0 Å². The summed E-state index contributed by atoms with van der Waals surface area (Å²) in [6.45, 7) is 2.38. The number of nitrogens with zero attached hydrogens (tertiary/aromatic N) is 3. The molecule has 0 N–H and O–H groups in total. The lowest BCUT2D eigenvalue weighted by Crippen LogP contribution is -2.26. The largest absolute Gasteiger partial charge is 0.337 e. The SMILES string of the molecule is Cc1ccc(SCCC(=O)N(C)Cc2nc(-c3ccccc3)no2)cc1. The van der Waals surface area contributed by atoms with Crippen LogP contribution in [0.2, 0.25) is 0 Å². The second-order valence-electron chi connectivity index (χ2n) is 6.04. The van der Waals surface area contributed by atoms with Gasteiger partial charge < -0.3 is 9.42 Å². The van der Waals surface area contributed by atoms with Crippen molar-refractivity contribution < 1.29 is 9.32 Å². The molecule has 0 saturated heterocycles. The molecule has 0 unspecified atom stereocenters. The third kappa shape index (κ3) is 4.95. The first-order valence-electron chi connectivity index (χ1n) is 8.43. The summed E-state index contributed by atoms with van der Waals surface area (Å²) in [7, 11) is 1.76. The van der Waals surface area contributed by atoms with Crippen molar-refractivity contribution in [3.8, 4) is 11.4 Å². The number of carbonyl (C=O) groups excluding carboxylic acids is 1. The van der Waals surface area contributed by atoms with Crippen LogP contribution in [-0.2, 0) is 11.3 Å². The number of benzene rings is 2. The van der Waals surface area contributed by atoms with Gasteiger partial charge >= 0.3 is 0 Å². The van der Waals surface area contributed by atoms with Gasteiger partial charge in [-0.15, -0.1) is 11.8 Å². The Balaban J connectivity index is 1.48. The predicted octanol–water partition coefficient (Wildman–Crippen LogP) is 4.19. The van der Waals surface area contributed by atoms with Crippen molar-refractivity contribution in [1.82, 2.24) is 15.0 Å². The van der Waals surface area contributed by atoms with E-state index >= 15 is 0 Å². The summed E-state index contributed by atoms with van der Waals surface area (Å²) in [6.07, 6.45) is 0.467. The van der Waals surface area contributed by atoms with Crippen molar-refractivity contribution in [2.75, 3.05) is 12.8 Å². The highest BCUT2D eigenvalue weighted by Gasteiger charge is 2.14. The van der Waals surface area contributed by atoms with E-state index in [4.69, 9.17) is 4.52 Å². The molecule has 1 amide bonds. The van der Waals surface area contributed by atoms with Gasteiger partial charge in [-0.05, 0) is 19.1 Å². The predicted molar refractivity (Wildman–Crippen MR) is 103 cm³/mol. The molecule has 2 aromatic carbocycles. The Morgan fingerprint density at radius 3 is 2.58 bits per heavy atom. The minimum Gasteiger partial charge on any atom is -0.337 e. The molecular formula is C20H21N3O2S. The van der Waals surface area contributed by atoms with Crippen molar-refractivity contribution in [3.05, 3.63) is 66.1 Å². The third-order valence-electron chi connectivity index (χ3n) is 3.90. The molecule has 3 aromatic rings. The maximum Gasteiger partial charge on any atom is 0.246 e. The molecule has 134 valence electrons.